The van der Waals surface area contributed by atoms with Gasteiger partial charge in [0.25, 0.3) is 0 Å². The average Bonchev–Trinajstić information content (AvgIpc) is 2.90. The number of aromatic nitrogens is 1. The van der Waals surface area contributed by atoms with Gasteiger partial charge in [0.05, 0.1) is 6.07 Å². The lowest BCUT2D eigenvalue weighted by Crippen LogP contribution is -2.47. The molecule has 0 radical (unpaired) electrons. The highest BCUT2D eigenvalue weighted by molar-refractivity contribution is 5.09. The number of likely N-dealkylation sites (N-methyl/N-ethyl adjacent to an activating group) is 1. The minimum absolute atomic E-state index is 0.571. The first kappa shape index (κ1) is 13.1. The minimum atomic E-state index is -0.571. The first-order valence-corrected chi connectivity index (χ1v) is 6.65. The van der Waals surface area contributed by atoms with E-state index in [1.807, 2.05) is 6.20 Å². The SMILES string of the molecule is CN(CCc1cc[nH]c1)C1CCC(N)(C#N)CC1. The van der Waals surface area contributed by atoms with Gasteiger partial charge in [0.15, 0.2) is 0 Å². The second-order valence-electron chi connectivity index (χ2n) is 5.45. The number of rotatable bonds is 4. The minimum Gasteiger partial charge on any atom is -0.367 e. The van der Waals surface area contributed by atoms with Crippen LogP contribution in [0.25, 0.3) is 0 Å². The molecule has 1 aromatic heterocycles. The van der Waals surface area contributed by atoms with Crippen molar-refractivity contribution in [2.24, 2.45) is 5.73 Å². The van der Waals surface area contributed by atoms with Crippen molar-refractivity contribution >= 4 is 0 Å². The molecular formula is C14H22N4. The van der Waals surface area contributed by atoms with Crippen molar-refractivity contribution in [3.05, 3.63) is 24.0 Å². The molecule has 4 nitrogen and oxygen atoms in total. The average molecular weight is 246 g/mol. The lowest BCUT2D eigenvalue weighted by Gasteiger charge is -2.36. The number of nitrogens with zero attached hydrogens (tertiary/aromatic N) is 2. The summed E-state index contributed by atoms with van der Waals surface area (Å²) in [4.78, 5) is 5.49. The molecule has 1 saturated carbocycles. The Hall–Kier alpha value is -1.31. The van der Waals surface area contributed by atoms with E-state index in [4.69, 9.17) is 11.0 Å². The van der Waals surface area contributed by atoms with E-state index in [1.54, 1.807) is 0 Å². The van der Waals surface area contributed by atoms with Crippen molar-refractivity contribution in [1.82, 2.24) is 9.88 Å². The molecule has 1 aliphatic rings. The van der Waals surface area contributed by atoms with Gasteiger partial charge < -0.3 is 15.6 Å². The lowest BCUT2D eigenvalue weighted by atomic mass is 9.81. The quantitative estimate of drug-likeness (QED) is 0.848. The second-order valence-corrected chi connectivity index (χ2v) is 5.45. The molecule has 1 heterocycles. The Kier molecular flexibility index (Phi) is 4.05. The Morgan fingerprint density at radius 2 is 2.28 bits per heavy atom. The van der Waals surface area contributed by atoms with E-state index in [1.165, 1.54) is 5.56 Å². The lowest BCUT2D eigenvalue weighted by molar-refractivity contribution is 0.169. The maximum atomic E-state index is 9.01. The van der Waals surface area contributed by atoms with Gasteiger partial charge in [0.2, 0.25) is 0 Å². The van der Waals surface area contributed by atoms with Crippen LogP contribution in [-0.4, -0.2) is 35.1 Å². The molecule has 0 amide bonds. The van der Waals surface area contributed by atoms with Crippen molar-refractivity contribution < 1.29 is 0 Å². The summed E-state index contributed by atoms with van der Waals surface area (Å²) in [5, 5.41) is 9.01. The molecule has 0 aliphatic heterocycles. The first-order chi connectivity index (χ1) is 8.63. The number of nitrogens with two attached hydrogens (primary N) is 1. The Labute approximate surface area is 109 Å². The van der Waals surface area contributed by atoms with Gasteiger partial charge in [-0.05, 0) is 50.8 Å². The van der Waals surface area contributed by atoms with Crippen molar-refractivity contribution in [3.8, 4) is 6.07 Å². The molecule has 0 unspecified atom stereocenters. The summed E-state index contributed by atoms with van der Waals surface area (Å²) in [6, 6.07) is 4.95. The third-order valence-corrected chi connectivity index (χ3v) is 4.11. The Morgan fingerprint density at radius 3 is 2.83 bits per heavy atom. The van der Waals surface area contributed by atoms with E-state index in [0.717, 1.165) is 38.6 Å². The fourth-order valence-corrected chi connectivity index (χ4v) is 2.67. The summed E-state index contributed by atoms with van der Waals surface area (Å²) in [6.07, 6.45) is 8.80. The number of nitrogens with one attached hydrogen (secondary N) is 1. The zero-order valence-electron chi connectivity index (χ0n) is 11.0. The van der Waals surface area contributed by atoms with Crippen LogP contribution in [0.2, 0.25) is 0 Å². The molecule has 0 bridgehead atoms. The molecular weight excluding hydrogens is 224 g/mol. The number of hydrogen-bond donors (Lipinski definition) is 2. The van der Waals surface area contributed by atoms with Crippen LogP contribution in [-0.2, 0) is 6.42 Å². The molecule has 4 heteroatoms. The molecule has 3 N–H and O–H groups in total. The van der Waals surface area contributed by atoms with Gasteiger partial charge in [-0.25, -0.2) is 0 Å². The van der Waals surface area contributed by atoms with E-state index in [9.17, 15) is 0 Å². The summed E-state index contributed by atoms with van der Waals surface area (Å²) in [5.41, 5.74) is 6.77. The van der Waals surface area contributed by atoms with Crippen LogP contribution in [0.1, 0.15) is 31.2 Å². The molecule has 0 saturated heterocycles. The number of hydrogen-bond acceptors (Lipinski definition) is 3. The van der Waals surface area contributed by atoms with Crippen molar-refractivity contribution in [1.29, 1.82) is 5.26 Å². The van der Waals surface area contributed by atoms with E-state index in [0.29, 0.717) is 6.04 Å². The third kappa shape index (κ3) is 3.12. The maximum Gasteiger partial charge on any atom is 0.104 e. The molecule has 98 valence electrons. The zero-order valence-corrected chi connectivity index (χ0v) is 11.0. The molecule has 0 spiro atoms. The highest BCUT2D eigenvalue weighted by Crippen LogP contribution is 2.28. The Morgan fingerprint density at radius 1 is 1.56 bits per heavy atom. The van der Waals surface area contributed by atoms with Gasteiger partial charge in [0.1, 0.15) is 5.54 Å². The van der Waals surface area contributed by atoms with E-state index >= 15 is 0 Å². The topological polar surface area (TPSA) is 68.8 Å². The summed E-state index contributed by atoms with van der Waals surface area (Å²) >= 11 is 0. The van der Waals surface area contributed by atoms with Gasteiger partial charge in [-0.2, -0.15) is 5.26 Å². The Bertz CT molecular complexity index is 396. The highest BCUT2D eigenvalue weighted by atomic mass is 15.1. The molecule has 1 fully saturated rings. The molecule has 0 atom stereocenters. The van der Waals surface area contributed by atoms with Gasteiger partial charge in [-0.1, -0.05) is 0 Å². The number of H-pyrrole nitrogens is 1. The van der Waals surface area contributed by atoms with Crippen LogP contribution in [0.3, 0.4) is 0 Å². The van der Waals surface area contributed by atoms with Gasteiger partial charge >= 0.3 is 0 Å². The molecule has 1 aliphatic carbocycles. The van der Waals surface area contributed by atoms with Crippen LogP contribution in [0.15, 0.2) is 18.5 Å². The van der Waals surface area contributed by atoms with E-state index in [-0.39, 0.29) is 0 Å². The largest absolute Gasteiger partial charge is 0.367 e. The van der Waals surface area contributed by atoms with Crippen molar-refractivity contribution in [2.75, 3.05) is 13.6 Å². The van der Waals surface area contributed by atoms with Crippen LogP contribution in [0.5, 0.6) is 0 Å². The smallest absolute Gasteiger partial charge is 0.104 e. The summed E-state index contributed by atoms with van der Waals surface area (Å²) in [6.45, 7) is 1.06. The van der Waals surface area contributed by atoms with Crippen LogP contribution >= 0.6 is 0 Å². The standard InChI is InChI=1S/C14H22N4/c1-18(9-5-12-4-8-17-10-12)13-2-6-14(16,11-15)7-3-13/h4,8,10,13,17H,2-3,5-7,9,16H2,1H3. The molecule has 1 aromatic rings. The van der Waals surface area contributed by atoms with E-state index < -0.39 is 5.54 Å². The zero-order chi connectivity index (χ0) is 13.0. The second kappa shape index (κ2) is 5.55. The molecule has 0 aromatic carbocycles. The fraction of sp³-hybridized carbons (Fsp3) is 0.643. The number of aromatic amines is 1. The predicted molar refractivity (Wildman–Crippen MR) is 71.9 cm³/mol. The summed E-state index contributed by atoms with van der Waals surface area (Å²) in [7, 11) is 2.17. The maximum absolute atomic E-state index is 9.01. The fourth-order valence-electron chi connectivity index (χ4n) is 2.67. The normalized spacial score (nSPS) is 28.2. The third-order valence-electron chi connectivity index (χ3n) is 4.11. The molecule has 18 heavy (non-hydrogen) atoms. The monoisotopic (exact) mass is 246 g/mol. The van der Waals surface area contributed by atoms with Crippen LogP contribution in [0.4, 0.5) is 0 Å². The van der Waals surface area contributed by atoms with Crippen molar-refractivity contribution in [2.45, 2.75) is 43.7 Å². The van der Waals surface area contributed by atoms with E-state index in [2.05, 4.69) is 35.3 Å². The van der Waals surface area contributed by atoms with Crippen molar-refractivity contribution in [3.63, 3.8) is 0 Å². The number of nitriles is 1. The predicted octanol–water partition coefficient (Wildman–Crippen LogP) is 1.65. The highest BCUT2D eigenvalue weighted by Gasteiger charge is 2.32. The summed E-state index contributed by atoms with van der Waals surface area (Å²) < 4.78 is 0. The first-order valence-electron chi connectivity index (χ1n) is 6.65. The van der Waals surface area contributed by atoms with Crippen LogP contribution in [0, 0.1) is 11.3 Å². The Balaban J connectivity index is 1.77. The molecule has 2 rings (SSSR count). The van der Waals surface area contributed by atoms with Crippen LogP contribution < -0.4 is 5.73 Å². The van der Waals surface area contributed by atoms with Gasteiger partial charge in [-0.3, -0.25) is 0 Å². The van der Waals surface area contributed by atoms with Gasteiger partial charge in [-0.15, -0.1) is 0 Å². The van der Waals surface area contributed by atoms with Gasteiger partial charge in [0, 0.05) is 25.0 Å². The summed E-state index contributed by atoms with van der Waals surface area (Å²) in [5.74, 6) is 0.